The number of hydrogen-bond donors (Lipinski definition) is 3. The molecular weight excluding hydrogens is 372 g/mol. The number of hydrogen-bond acceptors (Lipinski definition) is 5. The van der Waals surface area contributed by atoms with Crippen LogP contribution in [0, 0.1) is 6.92 Å². The van der Waals surface area contributed by atoms with Crippen LogP contribution in [0.3, 0.4) is 0 Å². The van der Waals surface area contributed by atoms with Gasteiger partial charge < -0.3 is 15.1 Å². The lowest BCUT2D eigenvalue weighted by atomic mass is 10.2. The Morgan fingerprint density at radius 3 is 2.63 bits per heavy atom. The molecule has 3 amide bonds. The Morgan fingerprint density at radius 2 is 1.96 bits per heavy atom. The van der Waals surface area contributed by atoms with Crippen molar-refractivity contribution in [2.75, 3.05) is 5.32 Å². The summed E-state index contributed by atoms with van der Waals surface area (Å²) in [7, 11) is 0. The molecule has 0 saturated carbocycles. The fraction of sp³-hybridized carbons (Fsp3) is 0.222. The SMILES string of the molecule is C/C(CC(=O)NCc1ccoc1)=N\NC(=O)C(=O)Nc1ccc(C)c(Cl)c1. The average Bonchev–Trinajstić information content (AvgIpc) is 3.14. The van der Waals surface area contributed by atoms with Crippen molar-refractivity contribution < 1.29 is 18.8 Å². The maximum Gasteiger partial charge on any atom is 0.329 e. The highest BCUT2D eigenvalue weighted by Crippen LogP contribution is 2.19. The maximum atomic E-state index is 11.9. The van der Waals surface area contributed by atoms with Crippen LogP contribution in [0.25, 0.3) is 0 Å². The first-order valence-corrected chi connectivity index (χ1v) is 8.41. The molecule has 0 saturated heterocycles. The van der Waals surface area contributed by atoms with Crippen molar-refractivity contribution in [1.29, 1.82) is 0 Å². The minimum absolute atomic E-state index is 0.0205. The van der Waals surface area contributed by atoms with E-state index < -0.39 is 11.8 Å². The highest BCUT2D eigenvalue weighted by Gasteiger charge is 2.14. The van der Waals surface area contributed by atoms with Gasteiger partial charge in [0.05, 0.1) is 18.9 Å². The normalized spacial score (nSPS) is 11.0. The number of carbonyl (C=O) groups excluding carboxylic acids is 3. The minimum Gasteiger partial charge on any atom is -0.472 e. The molecule has 0 atom stereocenters. The predicted molar refractivity (Wildman–Crippen MR) is 101 cm³/mol. The zero-order chi connectivity index (χ0) is 19.8. The van der Waals surface area contributed by atoms with E-state index in [2.05, 4.69) is 21.2 Å². The van der Waals surface area contributed by atoms with Gasteiger partial charge in [-0.15, -0.1) is 0 Å². The topological polar surface area (TPSA) is 113 Å². The molecule has 3 N–H and O–H groups in total. The molecule has 1 heterocycles. The molecule has 9 heteroatoms. The predicted octanol–water partition coefficient (Wildman–Crippen LogP) is 2.38. The Hall–Kier alpha value is -3.13. The molecule has 2 aromatic rings. The summed E-state index contributed by atoms with van der Waals surface area (Å²) in [5.74, 6) is -2.12. The number of anilines is 1. The fourth-order valence-electron chi connectivity index (χ4n) is 1.98. The molecule has 0 aliphatic carbocycles. The van der Waals surface area contributed by atoms with Crippen LogP contribution in [-0.4, -0.2) is 23.4 Å². The van der Waals surface area contributed by atoms with Gasteiger partial charge in [-0.05, 0) is 37.6 Å². The first kappa shape index (κ1) is 20.2. The zero-order valence-electron chi connectivity index (χ0n) is 14.8. The van der Waals surface area contributed by atoms with E-state index in [1.165, 1.54) is 12.5 Å². The summed E-state index contributed by atoms with van der Waals surface area (Å²) in [6.07, 6.45) is 3.02. The molecular formula is C18H19ClN4O4. The van der Waals surface area contributed by atoms with E-state index in [1.807, 2.05) is 6.92 Å². The maximum absolute atomic E-state index is 11.9. The lowest BCUT2D eigenvalue weighted by Gasteiger charge is -2.06. The number of benzene rings is 1. The van der Waals surface area contributed by atoms with Gasteiger partial charge in [-0.2, -0.15) is 5.10 Å². The molecule has 0 aliphatic heterocycles. The van der Waals surface area contributed by atoms with Crippen LogP contribution in [0.1, 0.15) is 24.5 Å². The number of furan rings is 1. The third-order valence-electron chi connectivity index (χ3n) is 3.47. The number of carbonyl (C=O) groups is 3. The highest BCUT2D eigenvalue weighted by molar-refractivity contribution is 6.40. The summed E-state index contributed by atoms with van der Waals surface area (Å²) in [6.45, 7) is 3.72. The molecule has 27 heavy (non-hydrogen) atoms. The van der Waals surface area contributed by atoms with Gasteiger partial charge in [0.25, 0.3) is 0 Å². The Kier molecular flexibility index (Phi) is 7.13. The molecule has 1 aromatic carbocycles. The van der Waals surface area contributed by atoms with E-state index in [1.54, 1.807) is 31.2 Å². The van der Waals surface area contributed by atoms with Crippen molar-refractivity contribution in [3.8, 4) is 0 Å². The van der Waals surface area contributed by atoms with Gasteiger partial charge in [0, 0.05) is 28.5 Å². The van der Waals surface area contributed by atoms with Crippen molar-refractivity contribution in [1.82, 2.24) is 10.7 Å². The minimum atomic E-state index is -0.954. The molecule has 0 unspecified atom stereocenters. The smallest absolute Gasteiger partial charge is 0.329 e. The zero-order valence-corrected chi connectivity index (χ0v) is 15.6. The number of aryl methyl sites for hydroxylation is 1. The van der Waals surface area contributed by atoms with Crippen LogP contribution in [0.4, 0.5) is 5.69 Å². The molecule has 8 nitrogen and oxygen atoms in total. The van der Waals surface area contributed by atoms with Crippen LogP contribution in [0.2, 0.25) is 5.02 Å². The van der Waals surface area contributed by atoms with Crippen molar-refractivity contribution in [2.45, 2.75) is 26.8 Å². The quantitative estimate of drug-likeness (QED) is 0.399. The molecule has 142 valence electrons. The fourth-order valence-corrected chi connectivity index (χ4v) is 2.16. The van der Waals surface area contributed by atoms with E-state index in [9.17, 15) is 14.4 Å². The monoisotopic (exact) mass is 390 g/mol. The molecule has 0 fully saturated rings. The first-order chi connectivity index (χ1) is 12.8. The lowest BCUT2D eigenvalue weighted by Crippen LogP contribution is -2.33. The van der Waals surface area contributed by atoms with E-state index >= 15 is 0 Å². The van der Waals surface area contributed by atoms with Crippen LogP contribution < -0.4 is 16.1 Å². The average molecular weight is 391 g/mol. The second kappa shape index (κ2) is 9.54. The Bertz CT molecular complexity index is 862. The van der Waals surface area contributed by atoms with E-state index in [4.69, 9.17) is 16.0 Å². The van der Waals surface area contributed by atoms with Gasteiger partial charge in [0.1, 0.15) is 0 Å². The number of nitrogens with one attached hydrogen (secondary N) is 3. The standard InChI is InChI=1S/C18H19ClN4O4/c1-11-3-4-14(8-15(11)19)21-17(25)18(26)23-22-12(2)7-16(24)20-9-13-5-6-27-10-13/h3-6,8,10H,7,9H2,1-2H3,(H,20,24)(H,21,25)(H,23,26)/b22-12+. The van der Waals surface area contributed by atoms with Crippen LogP contribution >= 0.6 is 11.6 Å². The van der Waals surface area contributed by atoms with Gasteiger partial charge in [0.2, 0.25) is 5.91 Å². The lowest BCUT2D eigenvalue weighted by molar-refractivity contribution is -0.136. The summed E-state index contributed by atoms with van der Waals surface area (Å²) < 4.78 is 4.90. The number of halogens is 1. The van der Waals surface area contributed by atoms with Crippen molar-refractivity contribution >= 4 is 40.7 Å². The van der Waals surface area contributed by atoms with Crippen molar-refractivity contribution in [2.24, 2.45) is 5.10 Å². The molecule has 2 rings (SSSR count). The summed E-state index contributed by atoms with van der Waals surface area (Å²) >= 11 is 5.97. The summed E-state index contributed by atoms with van der Waals surface area (Å²) in [4.78, 5) is 35.5. The van der Waals surface area contributed by atoms with E-state index in [0.717, 1.165) is 11.1 Å². The number of nitrogens with zero attached hydrogens (tertiary/aromatic N) is 1. The van der Waals surface area contributed by atoms with Gasteiger partial charge in [-0.1, -0.05) is 17.7 Å². The Labute approximate surface area is 161 Å². The largest absolute Gasteiger partial charge is 0.472 e. The number of rotatable bonds is 6. The third-order valence-corrected chi connectivity index (χ3v) is 3.88. The molecule has 1 aromatic heterocycles. The van der Waals surface area contributed by atoms with Crippen LogP contribution in [0.5, 0.6) is 0 Å². The summed E-state index contributed by atoms with van der Waals surface area (Å²) in [5.41, 5.74) is 4.54. The Balaban J connectivity index is 1.78. The molecule has 0 spiro atoms. The van der Waals surface area contributed by atoms with Crippen LogP contribution in [0.15, 0.2) is 46.3 Å². The second-order valence-electron chi connectivity index (χ2n) is 5.79. The van der Waals surface area contributed by atoms with Gasteiger partial charge in [0.15, 0.2) is 0 Å². The van der Waals surface area contributed by atoms with Gasteiger partial charge >= 0.3 is 11.8 Å². The highest BCUT2D eigenvalue weighted by atomic mass is 35.5. The molecule has 0 radical (unpaired) electrons. The van der Waals surface area contributed by atoms with Gasteiger partial charge in [-0.3, -0.25) is 14.4 Å². The summed E-state index contributed by atoms with van der Waals surface area (Å²) in [5, 5.41) is 9.33. The number of amides is 3. The third kappa shape index (κ3) is 6.59. The molecule has 0 bridgehead atoms. The first-order valence-electron chi connectivity index (χ1n) is 8.03. The van der Waals surface area contributed by atoms with Crippen molar-refractivity contribution in [3.63, 3.8) is 0 Å². The van der Waals surface area contributed by atoms with Gasteiger partial charge in [-0.25, -0.2) is 5.43 Å². The van der Waals surface area contributed by atoms with E-state index in [-0.39, 0.29) is 12.3 Å². The van der Waals surface area contributed by atoms with Crippen LogP contribution in [-0.2, 0) is 20.9 Å². The summed E-state index contributed by atoms with van der Waals surface area (Å²) in [6, 6.07) is 6.63. The Morgan fingerprint density at radius 1 is 1.19 bits per heavy atom. The number of hydrazone groups is 1. The molecule has 0 aliphatic rings. The second-order valence-corrected chi connectivity index (χ2v) is 6.20. The van der Waals surface area contributed by atoms with E-state index in [0.29, 0.717) is 23.0 Å². The van der Waals surface area contributed by atoms with Crippen molar-refractivity contribution in [3.05, 3.63) is 52.9 Å².